The number of para-hydroxylation sites is 2. The van der Waals surface area contributed by atoms with Crippen LogP contribution < -0.4 is 0 Å². The molecule has 0 radical (unpaired) electrons. The standard InChI is InChI=1S/C45H28N4S/c1-4-14-29(15-5-1)43-46-44(30-16-6-2-7-17-30)48-45(47-43)36-22-13-25-39-42(36)35-27-26-31(28-40(35)50-39)33-21-12-24-38-41(33)34-20-10-11-23-37(34)49(38)32-18-8-3-9-19-32/h1-28H. The summed E-state index contributed by atoms with van der Waals surface area (Å²) in [6, 6.07) is 59.7. The van der Waals surface area contributed by atoms with Gasteiger partial charge in [-0.25, -0.2) is 15.0 Å². The maximum atomic E-state index is 5.07. The van der Waals surface area contributed by atoms with Gasteiger partial charge in [-0.2, -0.15) is 0 Å². The van der Waals surface area contributed by atoms with E-state index in [4.69, 9.17) is 15.0 Å². The van der Waals surface area contributed by atoms with Gasteiger partial charge in [-0.3, -0.25) is 0 Å². The van der Waals surface area contributed by atoms with Crippen molar-refractivity contribution < 1.29 is 0 Å². The Morgan fingerprint density at radius 2 is 0.980 bits per heavy atom. The molecule has 7 aromatic carbocycles. The molecule has 3 heterocycles. The third-order valence-electron chi connectivity index (χ3n) is 9.46. The SMILES string of the molecule is c1ccc(-c2nc(-c3ccccc3)nc(-c3cccc4sc5cc(-c6cccc7c6c6ccccc6n7-c6ccccc6)ccc5c34)n2)cc1. The summed E-state index contributed by atoms with van der Waals surface area (Å²) in [7, 11) is 0. The third-order valence-corrected chi connectivity index (χ3v) is 10.6. The Morgan fingerprint density at radius 1 is 0.380 bits per heavy atom. The zero-order valence-corrected chi connectivity index (χ0v) is 27.7. The first-order chi connectivity index (χ1) is 24.8. The Balaban J connectivity index is 1.17. The molecule has 0 aliphatic carbocycles. The summed E-state index contributed by atoms with van der Waals surface area (Å²) in [5.74, 6) is 2.00. The maximum Gasteiger partial charge on any atom is 0.164 e. The van der Waals surface area contributed by atoms with Crippen LogP contribution in [-0.4, -0.2) is 19.5 Å². The lowest BCUT2D eigenvalue weighted by Crippen LogP contribution is -2.00. The molecule has 0 aliphatic rings. The van der Waals surface area contributed by atoms with Gasteiger partial charge >= 0.3 is 0 Å². The van der Waals surface area contributed by atoms with Crippen molar-refractivity contribution in [2.45, 2.75) is 0 Å². The zero-order valence-electron chi connectivity index (χ0n) is 26.9. The highest BCUT2D eigenvalue weighted by atomic mass is 32.1. The van der Waals surface area contributed by atoms with E-state index >= 15 is 0 Å². The summed E-state index contributed by atoms with van der Waals surface area (Å²) in [4.78, 5) is 15.1. The lowest BCUT2D eigenvalue weighted by Gasteiger charge is -2.10. The molecule has 0 atom stereocenters. The van der Waals surface area contributed by atoms with Crippen LogP contribution in [0, 0.1) is 0 Å². The Kier molecular flexibility index (Phi) is 6.64. The zero-order chi connectivity index (χ0) is 33.0. The Bertz CT molecular complexity index is 2800. The predicted octanol–water partition coefficient (Wildman–Crippen LogP) is 12.0. The normalized spacial score (nSPS) is 11.6. The molecular formula is C45H28N4S. The van der Waals surface area contributed by atoms with Gasteiger partial charge in [0.05, 0.1) is 11.0 Å². The highest BCUT2D eigenvalue weighted by Gasteiger charge is 2.19. The Morgan fingerprint density at radius 3 is 1.72 bits per heavy atom. The van der Waals surface area contributed by atoms with Crippen molar-refractivity contribution in [2.75, 3.05) is 0 Å². The minimum absolute atomic E-state index is 0.663. The van der Waals surface area contributed by atoms with Gasteiger partial charge in [0.15, 0.2) is 17.5 Å². The van der Waals surface area contributed by atoms with Crippen molar-refractivity contribution in [2.24, 2.45) is 0 Å². The number of thiophene rings is 1. The van der Waals surface area contributed by atoms with Crippen LogP contribution >= 0.6 is 11.3 Å². The molecule has 0 aliphatic heterocycles. The first-order valence-corrected chi connectivity index (χ1v) is 17.5. The molecular weight excluding hydrogens is 629 g/mol. The number of hydrogen-bond acceptors (Lipinski definition) is 4. The van der Waals surface area contributed by atoms with Gasteiger partial charge in [-0.05, 0) is 47.5 Å². The van der Waals surface area contributed by atoms with Gasteiger partial charge in [0, 0.05) is 53.3 Å². The topological polar surface area (TPSA) is 43.6 Å². The van der Waals surface area contributed by atoms with E-state index in [2.05, 4.69) is 114 Å². The molecule has 4 nitrogen and oxygen atoms in total. The molecule has 0 saturated heterocycles. The van der Waals surface area contributed by atoms with Crippen molar-refractivity contribution in [3.8, 4) is 51.0 Å². The fraction of sp³-hybridized carbons (Fsp3) is 0. The molecule has 0 saturated carbocycles. The van der Waals surface area contributed by atoms with E-state index in [1.807, 2.05) is 72.0 Å². The predicted molar refractivity (Wildman–Crippen MR) is 209 cm³/mol. The largest absolute Gasteiger partial charge is 0.309 e. The first kappa shape index (κ1) is 28.6. The van der Waals surface area contributed by atoms with Crippen LogP contribution in [0.3, 0.4) is 0 Å². The van der Waals surface area contributed by atoms with E-state index in [1.54, 1.807) is 0 Å². The summed E-state index contributed by atoms with van der Waals surface area (Å²) in [5, 5.41) is 4.88. The van der Waals surface area contributed by atoms with Gasteiger partial charge in [0.1, 0.15) is 0 Å². The van der Waals surface area contributed by atoms with E-state index in [-0.39, 0.29) is 0 Å². The number of nitrogens with zero attached hydrogens (tertiary/aromatic N) is 4. The van der Waals surface area contributed by atoms with E-state index < -0.39 is 0 Å². The highest BCUT2D eigenvalue weighted by molar-refractivity contribution is 7.26. The molecule has 3 aromatic heterocycles. The highest BCUT2D eigenvalue weighted by Crippen LogP contribution is 2.43. The molecule has 0 spiro atoms. The second-order valence-electron chi connectivity index (χ2n) is 12.4. The lowest BCUT2D eigenvalue weighted by atomic mass is 9.98. The van der Waals surface area contributed by atoms with E-state index in [0.717, 1.165) is 22.4 Å². The summed E-state index contributed by atoms with van der Waals surface area (Å²) in [5.41, 5.74) is 8.92. The maximum absolute atomic E-state index is 5.07. The van der Waals surface area contributed by atoms with Crippen LogP contribution in [0.1, 0.15) is 0 Å². The van der Waals surface area contributed by atoms with Crippen molar-refractivity contribution >= 4 is 53.3 Å². The van der Waals surface area contributed by atoms with Crippen molar-refractivity contribution in [1.82, 2.24) is 19.5 Å². The van der Waals surface area contributed by atoms with Crippen LogP contribution in [0.4, 0.5) is 0 Å². The second kappa shape index (κ2) is 11.6. The molecule has 0 N–H and O–H groups in total. The number of hydrogen-bond donors (Lipinski definition) is 0. The Hall–Kier alpha value is -6.43. The lowest BCUT2D eigenvalue weighted by molar-refractivity contribution is 1.08. The molecule has 0 fully saturated rings. The van der Waals surface area contributed by atoms with Gasteiger partial charge in [0.25, 0.3) is 0 Å². The monoisotopic (exact) mass is 656 g/mol. The average Bonchev–Trinajstić information content (AvgIpc) is 3.74. The molecule has 234 valence electrons. The molecule has 10 aromatic rings. The molecule has 0 amide bonds. The van der Waals surface area contributed by atoms with Crippen molar-refractivity contribution in [3.05, 3.63) is 170 Å². The molecule has 50 heavy (non-hydrogen) atoms. The fourth-order valence-electron chi connectivity index (χ4n) is 7.22. The van der Waals surface area contributed by atoms with Crippen LogP contribution in [0.25, 0.3) is 93.0 Å². The second-order valence-corrected chi connectivity index (χ2v) is 13.5. The first-order valence-electron chi connectivity index (χ1n) is 16.7. The fourth-order valence-corrected chi connectivity index (χ4v) is 8.40. The van der Waals surface area contributed by atoms with Crippen LogP contribution in [-0.2, 0) is 0 Å². The van der Waals surface area contributed by atoms with Crippen LogP contribution in [0.15, 0.2) is 170 Å². The number of aromatic nitrogens is 4. The molecule has 0 unspecified atom stereocenters. The Labute approximate surface area is 292 Å². The minimum Gasteiger partial charge on any atom is -0.309 e. The van der Waals surface area contributed by atoms with Gasteiger partial charge in [-0.15, -0.1) is 11.3 Å². The smallest absolute Gasteiger partial charge is 0.164 e. The van der Waals surface area contributed by atoms with E-state index in [9.17, 15) is 0 Å². The average molecular weight is 657 g/mol. The summed E-state index contributed by atoms with van der Waals surface area (Å²) >= 11 is 1.82. The van der Waals surface area contributed by atoms with E-state index in [0.29, 0.717) is 17.5 Å². The van der Waals surface area contributed by atoms with Crippen LogP contribution in [0.2, 0.25) is 0 Å². The molecule has 10 rings (SSSR count). The van der Waals surface area contributed by atoms with Crippen molar-refractivity contribution in [3.63, 3.8) is 0 Å². The summed E-state index contributed by atoms with van der Waals surface area (Å²) < 4.78 is 4.81. The summed E-state index contributed by atoms with van der Waals surface area (Å²) in [6.45, 7) is 0. The quantitative estimate of drug-likeness (QED) is 0.185. The minimum atomic E-state index is 0.663. The van der Waals surface area contributed by atoms with Gasteiger partial charge < -0.3 is 4.57 Å². The number of fused-ring (bicyclic) bond motifs is 6. The van der Waals surface area contributed by atoms with Crippen LogP contribution in [0.5, 0.6) is 0 Å². The summed E-state index contributed by atoms with van der Waals surface area (Å²) in [6.07, 6.45) is 0. The van der Waals surface area contributed by atoms with Crippen molar-refractivity contribution in [1.29, 1.82) is 0 Å². The molecule has 5 heteroatoms. The van der Waals surface area contributed by atoms with Gasteiger partial charge in [0.2, 0.25) is 0 Å². The van der Waals surface area contributed by atoms with E-state index in [1.165, 1.54) is 53.1 Å². The van der Waals surface area contributed by atoms with Gasteiger partial charge in [-0.1, -0.05) is 133 Å². The molecule has 0 bridgehead atoms. The number of benzene rings is 7. The third kappa shape index (κ3) is 4.63. The number of rotatable bonds is 5.